The number of aromatic hydroxyl groups is 1. The van der Waals surface area contributed by atoms with Crippen molar-refractivity contribution in [2.75, 3.05) is 24.5 Å². The zero-order valence-corrected chi connectivity index (χ0v) is 20.3. The first kappa shape index (κ1) is 20.1. The van der Waals surface area contributed by atoms with Gasteiger partial charge in [0, 0.05) is 43.0 Å². The molecule has 0 spiro atoms. The molecular weight excluding hydrogens is 420 g/mol. The second-order valence-electron chi connectivity index (χ2n) is 12.4. The molecule has 34 heavy (non-hydrogen) atoms. The summed E-state index contributed by atoms with van der Waals surface area (Å²) in [4.78, 5) is 15.2. The number of phenolic OH excluding ortho intramolecular Hbond substituents is 1. The molecule has 1 N–H and O–H groups in total. The number of aromatic nitrogens is 2. The fourth-order valence-corrected chi connectivity index (χ4v) is 9.85. The molecule has 0 amide bonds. The highest BCUT2D eigenvalue weighted by Gasteiger charge is 2.76. The first-order chi connectivity index (χ1) is 16.6. The van der Waals surface area contributed by atoms with Gasteiger partial charge in [-0.25, -0.2) is 9.97 Å². The number of anilines is 1. The summed E-state index contributed by atoms with van der Waals surface area (Å²) >= 11 is 0. The molecule has 8 rings (SSSR count). The van der Waals surface area contributed by atoms with Crippen LogP contribution >= 0.6 is 0 Å². The average molecular weight is 457 g/mol. The van der Waals surface area contributed by atoms with Crippen LogP contribution in [0.15, 0.2) is 30.6 Å². The van der Waals surface area contributed by atoms with E-state index in [1.165, 1.54) is 74.7 Å². The molecule has 3 saturated carbocycles. The first-order valence-corrected chi connectivity index (χ1v) is 13.8. The monoisotopic (exact) mass is 456 g/mol. The third-order valence-electron chi connectivity index (χ3n) is 11.1. The Morgan fingerprint density at radius 2 is 1.97 bits per heavy atom. The van der Waals surface area contributed by atoms with Crippen LogP contribution in [-0.4, -0.2) is 51.7 Å². The molecule has 4 aliphatic carbocycles. The number of benzene rings is 1. The van der Waals surface area contributed by atoms with E-state index in [1.54, 1.807) is 0 Å². The normalized spacial score (nSPS) is 39.7. The molecule has 1 aromatic heterocycles. The Hall–Kier alpha value is -2.14. The predicted molar refractivity (Wildman–Crippen MR) is 132 cm³/mol. The topological polar surface area (TPSA) is 52.5 Å². The summed E-state index contributed by atoms with van der Waals surface area (Å²) in [6, 6.07) is 7.57. The summed E-state index contributed by atoms with van der Waals surface area (Å²) in [5, 5.41) is 10.6. The van der Waals surface area contributed by atoms with E-state index < -0.39 is 0 Å². The summed E-state index contributed by atoms with van der Waals surface area (Å²) in [7, 11) is 0. The van der Waals surface area contributed by atoms with Crippen LogP contribution in [0.4, 0.5) is 5.95 Å². The molecule has 5 unspecified atom stereocenters. The van der Waals surface area contributed by atoms with Crippen LogP contribution in [0.2, 0.25) is 0 Å². The zero-order chi connectivity index (χ0) is 22.7. The highest BCUT2D eigenvalue weighted by atomic mass is 16.3. The quantitative estimate of drug-likeness (QED) is 0.742. The van der Waals surface area contributed by atoms with Crippen LogP contribution in [0.5, 0.6) is 5.75 Å². The van der Waals surface area contributed by atoms with Crippen molar-refractivity contribution >= 4 is 5.95 Å². The fraction of sp³-hybridized carbons (Fsp3) is 0.655. The summed E-state index contributed by atoms with van der Waals surface area (Å²) in [5.74, 6) is 3.70. The molecule has 6 aliphatic rings. The molecule has 0 radical (unpaired) electrons. The van der Waals surface area contributed by atoms with E-state index in [4.69, 9.17) is 9.97 Å². The van der Waals surface area contributed by atoms with Crippen molar-refractivity contribution in [2.45, 2.75) is 75.8 Å². The molecule has 4 bridgehead atoms. The van der Waals surface area contributed by atoms with E-state index in [0.717, 1.165) is 24.8 Å². The molecular formula is C29H36N4O. The number of aryl methyl sites for hydroxylation is 1. The molecule has 5 fully saturated rings. The maximum atomic E-state index is 10.6. The Morgan fingerprint density at radius 3 is 2.76 bits per heavy atom. The van der Waals surface area contributed by atoms with E-state index in [9.17, 15) is 5.11 Å². The van der Waals surface area contributed by atoms with E-state index in [2.05, 4.69) is 28.9 Å². The Kier molecular flexibility index (Phi) is 3.99. The predicted octanol–water partition coefficient (Wildman–Crippen LogP) is 4.33. The molecule has 2 aliphatic heterocycles. The number of piperidine rings is 1. The van der Waals surface area contributed by atoms with Crippen molar-refractivity contribution in [1.29, 1.82) is 0 Å². The van der Waals surface area contributed by atoms with Gasteiger partial charge in [0.2, 0.25) is 5.95 Å². The fourth-order valence-electron chi connectivity index (χ4n) is 9.85. The van der Waals surface area contributed by atoms with Gasteiger partial charge >= 0.3 is 0 Å². The van der Waals surface area contributed by atoms with E-state index in [0.29, 0.717) is 35.1 Å². The molecule has 6 atom stereocenters. The van der Waals surface area contributed by atoms with Crippen molar-refractivity contribution in [1.82, 2.24) is 14.9 Å². The van der Waals surface area contributed by atoms with Gasteiger partial charge in [0.25, 0.3) is 0 Å². The van der Waals surface area contributed by atoms with Crippen molar-refractivity contribution in [3.05, 3.63) is 47.3 Å². The number of likely N-dealkylation sites (tertiary alicyclic amines) is 1. The lowest BCUT2D eigenvalue weighted by atomic mass is 9.43. The van der Waals surface area contributed by atoms with Gasteiger partial charge in [-0.3, -0.25) is 4.90 Å². The number of hydrogen-bond acceptors (Lipinski definition) is 5. The maximum Gasteiger partial charge on any atom is 0.225 e. The van der Waals surface area contributed by atoms with Crippen molar-refractivity contribution < 1.29 is 5.11 Å². The van der Waals surface area contributed by atoms with Crippen LogP contribution in [0.25, 0.3) is 0 Å². The number of fused-ring (bicyclic) bond motifs is 1. The van der Waals surface area contributed by atoms with E-state index in [-0.39, 0.29) is 5.41 Å². The van der Waals surface area contributed by atoms with Gasteiger partial charge in [-0.15, -0.1) is 0 Å². The smallest absolute Gasteiger partial charge is 0.225 e. The van der Waals surface area contributed by atoms with Crippen molar-refractivity contribution in [3.63, 3.8) is 0 Å². The lowest BCUT2D eigenvalue weighted by molar-refractivity contribution is -0.0921. The van der Waals surface area contributed by atoms with E-state index >= 15 is 0 Å². The number of hydrogen-bond donors (Lipinski definition) is 1. The van der Waals surface area contributed by atoms with Gasteiger partial charge in [0.15, 0.2) is 0 Å². The van der Waals surface area contributed by atoms with Crippen LogP contribution in [0.1, 0.15) is 62.1 Å². The van der Waals surface area contributed by atoms with Crippen LogP contribution < -0.4 is 4.90 Å². The largest absolute Gasteiger partial charge is 0.508 e. The lowest BCUT2D eigenvalue weighted by Crippen LogP contribution is -2.69. The highest BCUT2D eigenvalue weighted by molar-refractivity contribution is 5.53. The van der Waals surface area contributed by atoms with E-state index in [1.807, 2.05) is 18.5 Å². The van der Waals surface area contributed by atoms with Gasteiger partial charge < -0.3 is 10.0 Å². The van der Waals surface area contributed by atoms with Gasteiger partial charge in [-0.1, -0.05) is 13.0 Å². The molecule has 178 valence electrons. The average Bonchev–Trinajstić information content (AvgIpc) is 3.55. The van der Waals surface area contributed by atoms with Crippen LogP contribution in [0, 0.1) is 23.2 Å². The molecule has 5 heteroatoms. The first-order valence-electron chi connectivity index (χ1n) is 13.8. The highest BCUT2D eigenvalue weighted by Crippen LogP contribution is 2.75. The van der Waals surface area contributed by atoms with Crippen LogP contribution in [-0.2, 0) is 18.3 Å². The van der Waals surface area contributed by atoms with Crippen molar-refractivity contribution in [2.24, 2.45) is 23.2 Å². The molecule has 3 heterocycles. The number of nitrogens with zero attached hydrogens (tertiary/aromatic N) is 4. The SMILES string of the molecule is CCc1cnc(N2C[C@H]3CC45CCC2C3C42CCN(CC3CC3)C5Cc3ccc(O)cc32)nc1. The molecule has 1 aromatic carbocycles. The van der Waals surface area contributed by atoms with Gasteiger partial charge in [-0.05, 0) is 110 Å². The standard InChI is InChI=1S/C29H36N4O/c1-2-18-14-30-27(31-15-18)33-17-21-13-28-8-7-24(33)26(21)29(28)9-10-32(16-19-3-4-19)25(28)11-20-5-6-22(34)12-23(20)29/h5-6,12,14-15,19,21,24-26,34H,2-4,7-11,13,16-17H2,1H3/t21-,24?,25?,26?,28?,29?/m1/s1. The van der Waals surface area contributed by atoms with Gasteiger partial charge in [0.1, 0.15) is 5.75 Å². The minimum Gasteiger partial charge on any atom is -0.508 e. The zero-order valence-electron chi connectivity index (χ0n) is 20.3. The third-order valence-corrected chi connectivity index (χ3v) is 11.1. The molecule has 5 nitrogen and oxygen atoms in total. The van der Waals surface area contributed by atoms with Gasteiger partial charge in [-0.2, -0.15) is 0 Å². The second kappa shape index (κ2) is 6.75. The minimum absolute atomic E-state index is 0.204. The Morgan fingerprint density at radius 1 is 1.12 bits per heavy atom. The van der Waals surface area contributed by atoms with Gasteiger partial charge in [0.05, 0.1) is 0 Å². The maximum absolute atomic E-state index is 10.6. The lowest BCUT2D eigenvalue weighted by Gasteiger charge is -2.66. The Balaban J connectivity index is 1.25. The summed E-state index contributed by atoms with van der Waals surface area (Å²) < 4.78 is 0. The molecule has 2 saturated heterocycles. The molecule has 2 aromatic rings. The summed E-state index contributed by atoms with van der Waals surface area (Å²) in [6.45, 7) is 5.82. The summed E-state index contributed by atoms with van der Waals surface area (Å²) in [5.41, 5.74) is 4.83. The minimum atomic E-state index is 0.204. The Bertz CT molecular complexity index is 1150. The number of rotatable bonds is 4. The van der Waals surface area contributed by atoms with Crippen LogP contribution in [0.3, 0.4) is 0 Å². The second-order valence-corrected chi connectivity index (χ2v) is 12.4. The third kappa shape index (κ3) is 2.40. The Labute approximate surface area is 202 Å². The summed E-state index contributed by atoms with van der Waals surface area (Å²) in [6.07, 6.45) is 14.3. The van der Waals surface area contributed by atoms with Crippen molar-refractivity contribution in [3.8, 4) is 5.75 Å². The number of phenols is 1.